The lowest BCUT2D eigenvalue weighted by Crippen LogP contribution is -2.36. The van der Waals surface area contributed by atoms with Gasteiger partial charge in [-0.3, -0.25) is 4.79 Å². The molecule has 3 nitrogen and oxygen atoms in total. The van der Waals surface area contributed by atoms with Crippen molar-refractivity contribution in [3.8, 4) is 5.75 Å². The topological polar surface area (TPSA) is 38.3 Å². The van der Waals surface area contributed by atoms with Crippen LogP contribution in [0, 0.1) is 0 Å². The standard InChI is InChI=1S/C18H20BrNO2/c1-18(2,14-6-10-16(22-3)11-7-14)12-20-17(21)13-4-8-15(19)9-5-13/h4-11H,12H2,1-3H3,(H,20,21). The van der Waals surface area contributed by atoms with Crippen molar-refractivity contribution in [1.82, 2.24) is 5.32 Å². The summed E-state index contributed by atoms with van der Waals surface area (Å²) in [4.78, 5) is 12.2. The maximum Gasteiger partial charge on any atom is 0.251 e. The second-order valence-corrected chi connectivity index (χ2v) is 6.72. The average molecular weight is 362 g/mol. The fourth-order valence-electron chi connectivity index (χ4n) is 2.15. The van der Waals surface area contributed by atoms with Gasteiger partial charge in [0.1, 0.15) is 5.75 Å². The molecule has 0 saturated heterocycles. The Kier molecular flexibility index (Phi) is 5.24. The molecule has 0 aliphatic rings. The Bertz CT molecular complexity index is 633. The third-order valence-electron chi connectivity index (χ3n) is 3.67. The molecule has 2 rings (SSSR count). The zero-order valence-corrected chi connectivity index (χ0v) is 14.6. The van der Waals surface area contributed by atoms with Crippen LogP contribution in [0.15, 0.2) is 53.0 Å². The molecule has 0 unspecified atom stereocenters. The summed E-state index contributed by atoms with van der Waals surface area (Å²) in [7, 11) is 1.65. The summed E-state index contributed by atoms with van der Waals surface area (Å²) in [5, 5.41) is 3.00. The predicted molar refractivity (Wildman–Crippen MR) is 92.5 cm³/mol. The Hall–Kier alpha value is -1.81. The summed E-state index contributed by atoms with van der Waals surface area (Å²) in [6.45, 7) is 4.78. The minimum atomic E-state index is -0.155. The number of nitrogens with one attached hydrogen (secondary N) is 1. The van der Waals surface area contributed by atoms with E-state index in [9.17, 15) is 4.79 Å². The van der Waals surface area contributed by atoms with Gasteiger partial charge in [-0.05, 0) is 42.0 Å². The van der Waals surface area contributed by atoms with Gasteiger partial charge in [-0.25, -0.2) is 0 Å². The summed E-state index contributed by atoms with van der Waals surface area (Å²) in [5.74, 6) is 0.771. The fourth-order valence-corrected chi connectivity index (χ4v) is 2.41. The van der Waals surface area contributed by atoms with Crippen molar-refractivity contribution in [2.24, 2.45) is 0 Å². The zero-order chi connectivity index (χ0) is 16.2. The monoisotopic (exact) mass is 361 g/mol. The first-order chi connectivity index (χ1) is 10.4. The van der Waals surface area contributed by atoms with Crippen LogP contribution in [0.25, 0.3) is 0 Å². The zero-order valence-electron chi connectivity index (χ0n) is 13.0. The highest BCUT2D eigenvalue weighted by molar-refractivity contribution is 9.10. The van der Waals surface area contributed by atoms with E-state index in [1.54, 1.807) is 19.2 Å². The fraction of sp³-hybridized carbons (Fsp3) is 0.278. The molecule has 0 aliphatic heterocycles. The summed E-state index contributed by atoms with van der Waals surface area (Å²) < 4.78 is 6.13. The number of rotatable bonds is 5. The minimum absolute atomic E-state index is 0.0610. The van der Waals surface area contributed by atoms with Gasteiger partial charge in [0.15, 0.2) is 0 Å². The van der Waals surface area contributed by atoms with E-state index in [0.29, 0.717) is 12.1 Å². The lowest BCUT2D eigenvalue weighted by atomic mass is 9.84. The molecule has 0 aromatic heterocycles. The van der Waals surface area contributed by atoms with E-state index in [1.165, 1.54) is 0 Å². The average Bonchev–Trinajstić information content (AvgIpc) is 2.53. The largest absolute Gasteiger partial charge is 0.497 e. The smallest absolute Gasteiger partial charge is 0.251 e. The van der Waals surface area contributed by atoms with E-state index < -0.39 is 0 Å². The Morgan fingerprint density at radius 1 is 1.09 bits per heavy atom. The van der Waals surface area contributed by atoms with Crippen LogP contribution in [0.5, 0.6) is 5.75 Å². The summed E-state index contributed by atoms with van der Waals surface area (Å²) in [6, 6.07) is 15.3. The van der Waals surface area contributed by atoms with Crippen LogP contribution in [-0.2, 0) is 5.41 Å². The molecule has 1 amide bonds. The lowest BCUT2D eigenvalue weighted by molar-refractivity contribution is 0.0945. The Morgan fingerprint density at radius 2 is 1.68 bits per heavy atom. The molecule has 0 aliphatic carbocycles. The highest BCUT2D eigenvalue weighted by Crippen LogP contribution is 2.24. The minimum Gasteiger partial charge on any atom is -0.497 e. The van der Waals surface area contributed by atoms with E-state index in [4.69, 9.17) is 4.74 Å². The molecule has 22 heavy (non-hydrogen) atoms. The van der Waals surface area contributed by atoms with Crippen LogP contribution >= 0.6 is 15.9 Å². The van der Waals surface area contributed by atoms with Crippen LogP contribution in [0.4, 0.5) is 0 Å². The van der Waals surface area contributed by atoms with E-state index in [1.807, 2.05) is 36.4 Å². The summed E-state index contributed by atoms with van der Waals surface area (Å²) >= 11 is 3.37. The molecule has 4 heteroatoms. The van der Waals surface area contributed by atoms with E-state index in [2.05, 4.69) is 35.1 Å². The number of methoxy groups -OCH3 is 1. The molecule has 1 N–H and O–H groups in total. The number of hydrogen-bond donors (Lipinski definition) is 1. The van der Waals surface area contributed by atoms with Crippen molar-refractivity contribution < 1.29 is 9.53 Å². The summed E-state index contributed by atoms with van der Waals surface area (Å²) in [5.41, 5.74) is 1.66. The van der Waals surface area contributed by atoms with Gasteiger partial charge in [-0.15, -0.1) is 0 Å². The maximum atomic E-state index is 12.2. The quantitative estimate of drug-likeness (QED) is 0.867. The van der Waals surface area contributed by atoms with Gasteiger partial charge in [-0.2, -0.15) is 0 Å². The summed E-state index contributed by atoms with van der Waals surface area (Å²) in [6.07, 6.45) is 0. The van der Waals surface area contributed by atoms with Gasteiger partial charge in [0.25, 0.3) is 5.91 Å². The molecule has 0 fully saturated rings. The second kappa shape index (κ2) is 6.97. The number of amides is 1. The number of carbonyl (C=O) groups is 1. The molecule has 0 bridgehead atoms. The number of hydrogen-bond acceptors (Lipinski definition) is 2. The van der Waals surface area contributed by atoms with Gasteiger partial charge in [0.05, 0.1) is 7.11 Å². The van der Waals surface area contributed by atoms with Crippen LogP contribution in [0.3, 0.4) is 0 Å². The first kappa shape index (κ1) is 16.6. The van der Waals surface area contributed by atoms with Crippen LogP contribution in [0.1, 0.15) is 29.8 Å². The van der Waals surface area contributed by atoms with Crippen molar-refractivity contribution in [1.29, 1.82) is 0 Å². The normalized spacial score (nSPS) is 11.1. The molecule has 0 heterocycles. The van der Waals surface area contributed by atoms with Gasteiger partial charge in [0.2, 0.25) is 0 Å². The molecular formula is C18H20BrNO2. The maximum absolute atomic E-state index is 12.2. The lowest BCUT2D eigenvalue weighted by Gasteiger charge is -2.26. The van der Waals surface area contributed by atoms with Gasteiger partial charge >= 0.3 is 0 Å². The first-order valence-electron chi connectivity index (χ1n) is 7.11. The number of benzene rings is 2. The molecule has 116 valence electrons. The van der Waals surface area contributed by atoms with Crippen LogP contribution in [0.2, 0.25) is 0 Å². The molecule has 0 saturated carbocycles. The highest BCUT2D eigenvalue weighted by Gasteiger charge is 2.21. The molecule has 2 aromatic rings. The second-order valence-electron chi connectivity index (χ2n) is 5.80. The molecule has 0 spiro atoms. The van der Waals surface area contributed by atoms with Gasteiger partial charge < -0.3 is 10.1 Å². The van der Waals surface area contributed by atoms with E-state index in [-0.39, 0.29) is 11.3 Å². The predicted octanol–water partition coefficient (Wildman–Crippen LogP) is 4.17. The van der Waals surface area contributed by atoms with Crippen molar-refractivity contribution >= 4 is 21.8 Å². The van der Waals surface area contributed by atoms with Gasteiger partial charge in [0, 0.05) is 22.0 Å². The number of ether oxygens (including phenoxy) is 1. The van der Waals surface area contributed by atoms with Crippen molar-refractivity contribution in [3.05, 3.63) is 64.1 Å². The Morgan fingerprint density at radius 3 is 2.23 bits per heavy atom. The van der Waals surface area contributed by atoms with Crippen molar-refractivity contribution in [2.75, 3.05) is 13.7 Å². The van der Waals surface area contributed by atoms with E-state index >= 15 is 0 Å². The first-order valence-corrected chi connectivity index (χ1v) is 7.90. The van der Waals surface area contributed by atoms with Crippen LogP contribution in [-0.4, -0.2) is 19.6 Å². The van der Waals surface area contributed by atoms with Gasteiger partial charge in [-0.1, -0.05) is 41.9 Å². The Balaban J connectivity index is 2.01. The molecule has 2 aromatic carbocycles. The van der Waals surface area contributed by atoms with Crippen molar-refractivity contribution in [2.45, 2.75) is 19.3 Å². The van der Waals surface area contributed by atoms with Crippen LogP contribution < -0.4 is 10.1 Å². The molecular weight excluding hydrogens is 342 g/mol. The van der Waals surface area contributed by atoms with Crippen molar-refractivity contribution in [3.63, 3.8) is 0 Å². The Labute approximate surface area is 139 Å². The SMILES string of the molecule is COc1ccc(C(C)(C)CNC(=O)c2ccc(Br)cc2)cc1. The molecule has 0 radical (unpaired) electrons. The van der Waals surface area contributed by atoms with E-state index in [0.717, 1.165) is 15.8 Å². The third-order valence-corrected chi connectivity index (χ3v) is 4.20. The molecule has 0 atom stereocenters. The highest BCUT2D eigenvalue weighted by atomic mass is 79.9. The third kappa shape index (κ3) is 4.10. The number of carbonyl (C=O) groups excluding carboxylic acids is 1. The number of halogens is 1.